The van der Waals surface area contributed by atoms with E-state index in [1.807, 2.05) is 0 Å². The van der Waals surface area contributed by atoms with Crippen molar-refractivity contribution >= 4 is 27.8 Å². The second kappa shape index (κ2) is 14.5. The Balaban J connectivity index is 1.03. The third-order valence-corrected chi connectivity index (χ3v) is 15.2. The summed E-state index contributed by atoms with van der Waals surface area (Å²) < 4.78 is 0. The van der Waals surface area contributed by atoms with E-state index in [1.54, 1.807) is 0 Å². The summed E-state index contributed by atoms with van der Waals surface area (Å²) in [7, 11) is 0. The molecule has 0 unspecified atom stereocenters. The summed E-state index contributed by atoms with van der Waals surface area (Å²) in [5.41, 5.74) is 22.9. The van der Waals surface area contributed by atoms with Gasteiger partial charge in [0.15, 0.2) is 0 Å². The van der Waals surface area contributed by atoms with Crippen molar-refractivity contribution in [2.75, 3.05) is 4.90 Å². The number of benzene rings is 11. The molecule has 1 nitrogen and oxygen atoms in total. The van der Waals surface area contributed by atoms with E-state index in [2.05, 4.69) is 266 Å². The lowest BCUT2D eigenvalue weighted by Gasteiger charge is -2.48. The molecule has 312 valence electrons. The Morgan fingerprint density at radius 2 is 0.627 bits per heavy atom. The van der Waals surface area contributed by atoms with E-state index >= 15 is 0 Å². The molecule has 0 fully saturated rings. The van der Waals surface area contributed by atoms with Crippen molar-refractivity contribution in [1.82, 2.24) is 0 Å². The Hall–Kier alpha value is -8.52. The molecular formula is C66H43N. The lowest BCUT2D eigenvalue weighted by atomic mass is 9.52. The second-order valence-electron chi connectivity index (χ2n) is 18.2. The molecule has 0 radical (unpaired) electrons. The molecule has 2 spiro atoms. The fourth-order valence-electron chi connectivity index (χ4n) is 12.6. The van der Waals surface area contributed by atoms with Gasteiger partial charge in [0.25, 0.3) is 0 Å². The van der Waals surface area contributed by atoms with E-state index in [1.165, 1.54) is 99.8 Å². The third-order valence-electron chi connectivity index (χ3n) is 15.2. The summed E-state index contributed by atoms with van der Waals surface area (Å²) in [5.74, 6) is 0. The van der Waals surface area contributed by atoms with Gasteiger partial charge in [0.2, 0.25) is 0 Å². The van der Waals surface area contributed by atoms with E-state index in [4.69, 9.17) is 0 Å². The van der Waals surface area contributed by atoms with Gasteiger partial charge >= 0.3 is 0 Å². The molecule has 0 atom stereocenters. The molecule has 11 aromatic rings. The Morgan fingerprint density at radius 1 is 0.239 bits per heavy atom. The first-order chi connectivity index (χ1) is 33.3. The van der Waals surface area contributed by atoms with Crippen LogP contribution >= 0.6 is 0 Å². The summed E-state index contributed by atoms with van der Waals surface area (Å²) in [4.78, 5) is 2.49. The summed E-state index contributed by atoms with van der Waals surface area (Å²) in [6, 6.07) is 97.6. The van der Waals surface area contributed by atoms with Gasteiger partial charge in [-0.25, -0.2) is 0 Å². The number of hydrogen-bond acceptors (Lipinski definition) is 1. The molecule has 14 rings (SSSR count). The minimum Gasteiger partial charge on any atom is -0.310 e. The predicted molar refractivity (Wildman–Crippen MR) is 278 cm³/mol. The van der Waals surface area contributed by atoms with E-state index in [-0.39, 0.29) is 0 Å². The molecule has 3 aliphatic rings. The van der Waals surface area contributed by atoms with Gasteiger partial charge in [0, 0.05) is 16.9 Å². The summed E-state index contributed by atoms with van der Waals surface area (Å²) in [6.45, 7) is 0. The predicted octanol–water partition coefficient (Wildman–Crippen LogP) is 16.7. The quantitative estimate of drug-likeness (QED) is 0.167. The molecule has 67 heavy (non-hydrogen) atoms. The standard InChI is InChI=1S/C66H43N/c1-2-18-44(19-3-1)45-36-40-48(41-37-45)67(49-42-38-47(39-43-49)51-26-16-21-46-20-4-5-22-50(46)51)63-35-17-34-62-64(63)54-25-8-11-29-57(54)66(62)60-32-14-12-30-58(60)65(59-31-13-15-33-61(59)66)55-27-9-6-23-52(55)53-24-7-10-28-56(53)65/h1-43H. The van der Waals surface area contributed by atoms with E-state index in [0.29, 0.717) is 0 Å². The zero-order valence-electron chi connectivity index (χ0n) is 36.8. The lowest BCUT2D eigenvalue weighted by Crippen LogP contribution is -2.43. The number of hydrogen-bond donors (Lipinski definition) is 0. The van der Waals surface area contributed by atoms with Gasteiger partial charge in [-0.05, 0) is 125 Å². The molecule has 0 saturated carbocycles. The zero-order chi connectivity index (χ0) is 44.1. The van der Waals surface area contributed by atoms with E-state index in [9.17, 15) is 0 Å². The first-order valence-corrected chi connectivity index (χ1v) is 23.4. The molecule has 0 amide bonds. The van der Waals surface area contributed by atoms with E-state index in [0.717, 1.165) is 17.1 Å². The first-order valence-electron chi connectivity index (χ1n) is 23.4. The first kappa shape index (κ1) is 37.8. The zero-order valence-corrected chi connectivity index (χ0v) is 36.8. The van der Waals surface area contributed by atoms with Crippen molar-refractivity contribution in [3.63, 3.8) is 0 Å². The molecule has 0 aliphatic heterocycles. The topological polar surface area (TPSA) is 3.24 Å². The van der Waals surface area contributed by atoms with Gasteiger partial charge in [0.1, 0.15) is 0 Å². The smallest absolute Gasteiger partial charge is 0.0720 e. The van der Waals surface area contributed by atoms with Crippen LogP contribution in [0.4, 0.5) is 17.1 Å². The number of fused-ring (bicyclic) bond motifs is 17. The Kier molecular flexibility index (Phi) is 8.18. The largest absolute Gasteiger partial charge is 0.310 e. The SMILES string of the molecule is c1ccc(-c2ccc(N(c3ccc(-c4cccc5ccccc45)cc3)c3cccc4c3-c3ccccc3C43c4ccccc4C4(c5ccccc5-c5ccccc54)c4ccccc43)cc2)cc1. The van der Waals surface area contributed by atoms with Crippen LogP contribution in [-0.2, 0) is 10.8 Å². The van der Waals surface area contributed by atoms with Crippen molar-refractivity contribution < 1.29 is 0 Å². The van der Waals surface area contributed by atoms with Crippen LogP contribution in [-0.4, -0.2) is 0 Å². The molecule has 1 heteroatoms. The molecule has 0 N–H and O–H groups in total. The second-order valence-corrected chi connectivity index (χ2v) is 18.2. The van der Waals surface area contributed by atoms with Crippen LogP contribution in [0.15, 0.2) is 261 Å². The van der Waals surface area contributed by atoms with Gasteiger partial charge < -0.3 is 4.90 Å². The van der Waals surface area contributed by atoms with Crippen molar-refractivity contribution in [3.8, 4) is 44.5 Å². The van der Waals surface area contributed by atoms with Gasteiger partial charge in [-0.3, -0.25) is 0 Å². The minimum atomic E-state index is -0.589. The molecular weight excluding hydrogens is 807 g/mol. The van der Waals surface area contributed by atoms with Crippen molar-refractivity contribution in [1.29, 1.82) is 0 Å². The van der Waals surface area contributed by atoms with Crippen molar-refractivity contribution in [2.24, 2.45) is 0 Å². The number of rotatable bonds is 5. The van der Waals surface area contributed by atoms with Crippen LogP contribution in [0.25, 0.3) is 55.3 Å². The maximum absolute atomic E-state index is 2.49. The third kappa shape index (κ3) is 5.14. The minimum absolute atomic E-state index is 0.487. The van der Waals surface area contributed by atoms with Gasteiger partial charge in [-0.2, -0.15) is 0 Å². The van der Waals surface area contributed by atoms with Gasteiger partial charge in [-0.15, -0.1) is 0 Å². The molecule has 0 aromatic heterocycles. The fourth-order valence-corrected chi connectivity index (χ4v) is 12.6. The average Bonchev–Trinajstić information content (AvgIpc) is 3.87. The molecule has 0 bridgehead atoms. The highest BCUT2D eigenvalue weighted by molar-refractivity contribution is 6.01. The fraction of sp³-hybridized carbons (Fsp3) is 0.0303. The summed E-state index contributed by atoms with van der Waals surface area (Å²) >= 11 is 0. The Labute approximate surface area is 391 Å². The number of nitrogens with zero attached hydrogens (tertiary/aromatic N) is 1. The van der Waals surface area contributed by atoms with Crippen LogP contribution in [0.3, 0.4) is 0 Å². The molecule has 0 saturated heterocycles. The van der Waals surface area contributed by atoms with Gasteiger partial charge in [-0.1, -0.05) is 231 Å². The Morgan fingerprint density at radius 3 is 1.22 bits per heavy atom. The van der Waals surface area contributed by atoms with Crippen LogP contribution in [0, 0.1) is 0 Å². The summed E-state index contributed by atoms with van der Waals surface area (Å²) in [5, 5.41) is 2.50. The van der Waals surface area contributed by atoms with Crippen LogP contribution in [0.2, 0.25) is 0 Å². The highest BCUT2D eigenvalue weighted by atomic mass is 15.1. The van der Waals surface area contributed by atoms with Crippen LogP contribution < -0.4 is 4.90 Å². The van der Waals surface area contributed by atoms with Crippen LogP contribution in [0.5, 0.6) is 0 Å². The lowest BCUT2D eigenvalue weighted by molar-refractivity contribution is 0.633. The monoisotopic (exact) mass is 849 g/mol. The molecule has 3 aliphatic carbocycles. The summed E-state index contributed by atoms with van der Waals surface area (Å²) in [6.07, 6.45) is 0. The normalized spacial score (nSPS) is 13.9. The molecule has 11 aromatic carbocycles. The highest BCUT2D eigenvalue weighted by Gasteiger charge is 2.59. The van der Waals surface area contributed by atoms with Gasteiger partial charge in [0.05, 0.1) is 16.5 Å². The maximum atomic E-state index is 2.49. The average molecular weight is 850 g/mol. The molecule has 0 heterocycles. The number of anilines is 3. The Bertz CT molecular complexity index is 3650. The van der Waals surface area contributed by atoms with Crippen molar-refractivity contribution in [2.45, 2.75) is 10.8 Å². The highest BCUT2D eigenvalue weighted by Crippen LogP contribution is 2.68. The maximum Gasteiger partial charge on any atom is 0.0720 e. The van der Waals surface area contributed by atoms with Crippen molar-refractivity contribution in [3.05, 3.63) is 305 Å². The van der Waals surface area contributed by atoms with E-state index < -0.39 is 10.8 Å². The van der Waals surface area contributed by atoms with Crippen LogP contribution in [0.1, 0.15) is 44.5 Å².